The highest BCUT2D eigenvalue weighted by atomic mass is 32.1. The van der Waals surface area contributed by atoms with Crippen LogP contribution in [0.5, 0.6) is 0 Å². The predicted molar refractivity (Wildman–Crippen MR) is 75.6 cm³/mol. The lowest BCUT2D eigenvalue weighted by Gasteiger charge is -2.37. The Kier molecular flexibility index (Phi) is 4.27. The highest BCUT2D eigenvalue weighted by Crippen LogP contribution is 2.29. The van der Waals surface area contributed by atoms with E-state index in [1.165, 1.54) is 11.3 Å². The first kappa shape index (κ1) is 14.8. The Morgan fingerprint density at radius 1 is 1.60 bits per heavy atom. The van der Waals surface area contributed by atoms with Crippen LogP contribution in [0, 0.1) is 5.41 Å². The Morgan fingerprint density at radius 2 is 2.35 bits per heavy atom. The van der Waals surface area contributed by atoms with E-state index in [2.05, 4.69) is 10.3 Å². The maximum Gasteiger partial charge on any atom is 0.317 e. The molecule has 1 aromatic heterocycles. The summed E-state index contributed by atoms with van der Waals surface area (Å²) in [5.74, 6) is -0.844. The van der Waals surface area contributed by atoms with Crippen LogP contribution in [-0.2, 0) is 4.79 Å². The number of aromatic nitrogens is 1. The molecule has 0 spiro atoms. The summed E-state index contributed by atoms with van der Waals surface area (Å²) in [6, 6.07) is -0.389. The monoisotopic (exact) mass is 297 g/mol. The molecule has 1 saturated heterocycles. The molecule has 2 unspecified atom stereocenters. The second kappa shape index (κ2) is 5.78. The molecule has 2 amide bonds. The van der Waals surface area contributed by atoms with Crippen LogP contribution in [0.15, 0.2) is 11.6 Å². The molecule has 0 aliphatic carbocycles. The number of piperidine rings is 1. The average Bonchev–Trinajstić information content (AvgIpc) is 2.92. The van der Waals surface area contributed by atoms with Gasteiger partial charge in [-0.25, -0.2) is 9.78 Å². The van der Waals surface area contributed by atoms with E-state index in [1.54, 1.807) is 18.0 Å². The molecule has 0 radical (unpaired) electrons. The topological polar surface area (TPSA) is 82.5 Å². The van der Waals surface area contributed by atoms with Crippen molar-refractivity contribution in [3.63, 3.8) is 0 Å². The normalized spacial score (nSPS) is 24.2. The van der Waals surface area contributed by atoms with E-state index in [9.17, 15) is 14.7 Å². The van der Waals surface area contributed by atoms with Gasteiger partial charge in [0.15, 0.2) is 0 Å². The summed E-state index contributed by atoms with van der Waals surface area (Å²) in [6.45, 7) is 4.41. The number of urea groups is 1. The second-order valence-electron chi connectivity index (χ2n) is 5.43. The van der Waals surface area contributed by atoms with Gasteiger partial charge in [0.1, 0.15) is 5.01 Å². The Morgan fingerprint density at radius 3 is 2.95 bits per heavy atom. The predicted octanol–water partition coefficient (Wildman–Crippen LogP) is 2.10. The molecule has 1 fully saturated rings. The molecule has 2 atom stereocenters. The van der Waals surface area contributed by atoms with Crippen LogP contribution in [0.4, 0.5) is 4.79 Å². The molecule has 2 heterocycles. The number of nitrogens with zero attached hydrogens (tertiary/aromatic N) is 2. The zero-order valence-electron chi connectivity index (χ0n) is 11.6. The van der Waals surface area contributed by atoms with Crippen molar-refractivity contribution in [2.75, 3.05) is 13.1 Å². The third kappa shape index (κ3) is 3.09. The highest BCUT2D eigenvalue weighted by Gasteiger charge is 2.39. The summed E-state index contributed by atoms with van der Waals surface area (Å²) in [6.07, 6.45) is 3.01. The zero-order chi connectivity index (χ0) is 14.8. The van der Waals surface area contributed by atoms with Crippen LogP contribution >= 0.6 is 11.3 Å². The van der Waals surface area contributed by atoms with E-state index in [1.807, 2.05) is 12.3 Å². The van der Waals surface area contributed by atoms with Crippen molar-refractivity contribution in [3.05, 3.63) is 16.6 Å². The second-order valence-corrected chi connectivity index (χ2v) is 6.36. The molecule has 110 valence electrons. The number of aliphatic carboxylic acids is 1. The fourth-order valence-electron chi connectivity index (χ4n) is 2.37. The minimum atomic E-state index is -0.847. The van der Waals surface area contributed by atoms with Gasteiger partial charge in [0, 0.05) is 24.7 Å². The maximum absolute atomic E-state index is 12.2. The van der Waals surface area contributed by atoms with Crippen molar-refractivity contribution in [3.8, 4) is 0 Å². The first-order chi connectivity index (χ1) is 9.42. The summed E-state index contributed by atoms with van der Waals surface area (Å²) in [7, 11) is 0. The van der Waals surface area contributed by atoms with Crippen molar-refractivity contribution in [2.45, 2.75) is 32.7 Å². The van der Waals surface area contributed by atoms with Crippen molar-refractivity contribution < 1.29 is 14.7 Å². The third-order valence-corrected chi connectivity index (χ3v) is 4.62. The summed E-state index contributed by atoms with van der Waals surface area (Å²) in [5, 5.41) is 14.8. The zero-order valence-corrected chi connectivity index (χ0v) is 12.4. The lowest BCUT2D eigenvalue weighted by molar-refractivity contribution is -0.150. The Hall–Kier alpha value is -1.63. The number of carboxylic acid groups (broad SMARTS) is 1. The molecular weight excluding hydrogens is 278 g/mol. The lowest BCUT2D eigenvalue weighted by Crippen LogP contribution is -2.51. The van der Waals surface area contributed by atoms with Crippen LogP contribution in [0.25, 0.3) is 0 Å². The van der Waals surface area contributed by atoms with Gasteiger partial charge in [-0.05, 0) is 26.7 Å². The number of thiazole rings is 1. The van der Waals surface area contributed by atoms with Gasteiger partial charge in [-0.1, -0.05) is 0 Å². The van der Waals surface area contributed by atoms with Gasteiger partial charge in [0.25, 0.3) is 0 Å². The summed E-state index contributed by atoms with van der Waals surface area (Å²) in [4.78, 5) is 29.2. The molecule has 7 heteroatoms. The molecule has 0 aromatic carbocycles. The fraction of sp³-hybridized carbons (Fsp3) is 0.615. The summed E-state index contributed by atoms with van der Waals surface area (Å²) in [5.41, 5.74) is -0.847. The molecule has 2 N–H and O–H groups in total. The Labute approximate surface area is 121 Å². The number of carboxylic acids is 1. The van der Waals surface area contributed by atoms with E-state index in [0.29, 0.717) is 19.4 Å². The van der Waals surface area contributed by atoms with E-state index < -0.39 is 11.4 Å². The van der Waals surface area contributed by atoms with Gasteiger partial charge >= 0.3 is 12.0 Å². The average molecular weight is 297 g/mol. The van der Waals surface area contributed by atoms with Gasteiger partial charge in [0.05, 0.1) is 11.5 Å². The van der Waals surface area contributed by atoms with E-state index in [0.717, 1.165) is 5.01 Å². The fourth-order valence-corrected chi connectivity index (χ4v) is 3.02. The highest BCUT2D eigenvalue weighted by molar-refractivity contribution is 7.09. The van der Waals surface area contributed by atoms with Gasteiger partial charge in [-0.2, -0.15) is 0 Å². The van der Waals surface area contributed by atoms with Crippen LogP contribution in [0.2, 0.25) is 0 Å². The largest absolute Gasteiger partial charge is 0.481 e. The van der Waals surface area contributed by atoms with Gasteiger partial charge in [-0.3, -0.25) is 4.79 Å². The molecule has 1 aliphatic heterocycles. The van der Waals surface area contributed by atoms with E-state index in [-0.39, 0.29) is 18.6 Å². The van der Waals surface area contributed by atoms with Crippen LogP contribution in [0.3, 0.4) is 0 Å². The first-order valence-electron chi connectivity index (χ1n) is 6.60. The molecular formula is C13H19N3O3S. The number of hydrogen-bond acceptors (Lipinski definition) is 4. The van der Waals surface area contributed by atoms with Crippen LogP contribution in [0.1, 0.15) is 37.7 Å². The van der Waals surface area contributed by atoms with Crippen molar-refractivity contribution in [1.29, 1.82) is 0 Å². The van der Waals surface area contributed by atoms with Gasteiger partial charge < -0.3 is 15.3 Å². The van der Waals surface area contributed by atoms with E-state index in [4.69, 9.17) is 0 Å². The number of rotatable bonds is 3. The molecule has 1 aliphatic rings. The molecule has 0 bridgehead atoms. The molecule has 20 heavy (non-hydrogen) atoms. The van der Waals surface area contributed by atoms with Crippen molar-refractivity contribution >= 4 is 23.3 Å². The first-order valence-corrected chi connectivity index (χ1v) is 7.48. The minimum Gasteiger partial charge on any atom is -0.481 e. The molecule has 0 saturated carbocycles. The smallest absolute Gasteiger partial charge is 0.317 e. The van der Waals surface area contributed by atoms with Gasteiger partial charge in [0.2, 0.25) is 0 Å². The van der Waals surface area contributed by atoms with Crippen molar-refractivity contribution in [1.82, 2.24) is 15.2 Å². The Balaban J connectivity index is 1.97. The molecule has 2 rings (SSSR count). The number of carbonyl (C=O) groups is 2. The molecule has 1 aromatic rings. The van der Waals surface area contributed by atoms with Crippen molar-refractivity contribution in [2.24, 2.45) is 5.41 Å². The third-order valence-electron chi connectivity index (χ3n) is 3.66. The van der Waals surface area contributed by atoms with Crippen LogP contribution in [-0.4, -0.2) is 40.1 Å². The van der Waals surface area contributed by atoms with Crippen LogP contribution < -0.4 is 5.32 Å². The number of amides is 2. The number of likely N-dealkylation sites (tertiary alicyclic amines) is 1. The van der Waals surface area contributed by atoms with E-state index >= 15 is 0 Å². The summed E-state index contributed by atoms with van der Waals surface area (Å²) >= 11 is 1.49. The molecule has 6 nitrogen and oxygen atoms in total. The lowest BCUT2D eigenvalue weighted by atomic mass is 9.82. The quantitative estimate of drug-likeness (QED) is 0.895. The Bertz CT molecular complexity index is 491. The standard InChI is InChI=1S/C13H19N3O3S/c1-9(10-14-5-7-20-10)15-12(19)16-6-3-4-13(2,8-16)11(17)18/h5,7,9H,3-4,6,8H2,1-2H3,(H,15,19)(H,17,18). The van der Waals surface area contributed by atoms with Gasteiger partial charge in [-0.15, -0.1) is 11.3 Å². The number of nitrogens with one attached hydrogen (secondary N) is 1. The summed E-state index contributed by atoms with van der Waals surface area (Å²) < 4.78 is 0. The number of carbonyl (C=O) groups excluding carboxylic acids is 1. The maximum atomic E-state index is 12.2. The minimum absolute atomic E-state index is 0.166. The number of hydrogen-bond donors (Lipinski definition) is 2. The SMILES string of the molecule is CC(NC(=O)N1CCCC(C)(C(=O)O)C1)c1nccs1.